The lowest BCUT2D eigenvalue weighted by Gasteiger charge is -2.20. The third kappa shape index (κ3) is 7.94. The zero-order chi connectivity index (χ0) is 33.2. The molecule has 5 aromatic rings. The van der Waals surface area contributed by atoms with Crippen molar-refractivity contribution < 1.29 is 9.22 Å². The number of pyridine rings is 1. The van der Waals surface area contributed by atoms with Gasteiger partial charge in [-0.05, 0) is 67.0 Å². The van der Waals surface area contributed by atoms with Gasteiger partial charge in [0.05, 0.1) is 5.56 Å². The Morgan fingerprint density at radius 1 is 0.766 bits per heavy atom. The lowest BCUT2D eigenvalue weighted by atomic mass is 10.0. The van der Waals surface area contributed by atoms with Gasteiger partial charge in [-0.15, -0.1) is 24.8 Å². The van der Waals surface area contributed by atoms with Gasteiger partial charge >= 0.3 is 0 Å². The van der Waals surface area contributed by atoms with E-state index in [1.54, 1.807) is 12.1 Å². The molecule has 10 nitrogen and oxygen atoms in total. The first kappa shape index (κ1) is 33.5. The largest absolute Gasteiger partial charge is 0.339 e. The van der Waals surface area contributed by atoms with Crippen LogP contribution in [0.2, 0.25) is 0 Å². The highest BCUT2D eigenvalue weighted by molar-refractivity contribution is 7.96. The van der Waals surface area contributed by atoms with Gasteiger partial charge in [0.25, 0.3) is 5.13 Å². The summed E-state index contributed by atoms with van der Waals surface area (Å²) in [6.45, 7) is 10.3. The van der Waals surface area contributed by atoms with Gasteiger partial charge < -0.3 is 15.5 Å². The number of nitriles is 1. The Bertz CT molecular complexity index is 1860. The van der Waals surface area contributed by atoms with Crippen LogP contribution in [0, 0.1) is 18.3 Å². The van der Waals surface area contributed by atoms with Gasteiger partial charge in [0.1, 0.15) is 23.8 Å². The summed E-state index contributed by atoms with van der Waals surface area (Å²) in [5.41, 5.74) is 8.01. The summed E-state index contributed by atoms with van der Waals surface area (Å²) < 4.78 is 5.74. The molecule has 0 bridgehead atoms. The van der Waals surface area contributed by atoms with Gasteiger partial charge in [0, 0.05) is 16.9 Å². The number of nitrogens with one attached hydrogen (secondary N) is 2. The van der Waals surface area contributed by atoms with Crippen molar-refractivity contribution in [3.8, 4) is 11.8 Å². The fourth-order valence-electron chi connectivity index (χ4n) is 5.10. The van der Waals surface area contributed by atoms with E-state index in [4.69, 9.17) is 14.2 Å². The molecule has 0 aliphatic carbocycles. The first-order chi connectivity index (χ1) is 23.0. The van der Waals surface area contributed by atoms with Crippen LogP contribution in [0.5, 0.6) is 5.75 Å². The van der Waals surface area contributed by atoms with Crippen LogP contribution in [-0.4, -0.2) is 15.2 Å². The van der Waals surface area contributed by atoms with E-state index < -0.39 is 0 Å². The molecule has 47 heavy (non-hydrogen) atoms. The van der Waals surface area contributed by atoms with Crippen molar-refractivity contribution in [3.63, 3.8) is 0 Å². The van der Waals surface area contributed by atoms with Crippen LogP contribution in [0.1, 0.15) is 61.1 Å². The molecule has 0 saturated heterocycles. The van der Waals surface area contributed by atoms with Crippen LogP contribution >= 0.6 is 23.4 Å². The number of anilines is 4. The summed E-state index contributed by atoms with van der Waals surface area (Å²) in [4.78, 5) is 10.3. The fraction of sp³-hybridized carbons (Fsp3) is 0.257. The normalized spacial score (nSPS) is 11.1. The zero-order valence-electron chi connectivity index (χ0n) is 27.0. The molecule has 0 aliphatic rings. The first-order valence-electron chi connectivity index (χ1n) is 15.5. The predicted octanol–water partition coefficient (Wildman–Crippen LogP) is 10.3. The maximum atomic E-state index is 10.4. The third-order valence-electron chi connectivity index (χ3n) is 7.62. The van der Waals surface area contributed by atoms with E-state index in [2.05, 4.69) is 101 Å². The standard InChI is InChI=1S/C35H36N8O2S2/c1-6-23-15-13-16-24(7-2)30(23)37-32-28(21-36)22(5)29(33(39-32)38-31-25(8-3)17-14-18-26(31)9-4)40-41-34-42-43-35(46-34)47-45-44-27-19-11-10-12-20-27/h10-20H,6-9H2,1-5H3,(H2,37,38,39). The summed E-state index contributed by atoms with van der Waals surface area (Å²) in [5, 5.41) is 35.1. The quantitative estimate of drug-likeness (QED) is 0.0515. The second-order valence-electron chi connectivity index (χ2n) is 10.4. The number of nitrogens with zero attached hydrogens (tertiary/aromatic N) is 6. The summed E-state index contributed by atoms with van der Waals surface area (Å²) in [7, 11) is 0. The molecular weight excluding hydrogens is 629 g/mol. The first-order valence-corrected chi connectivity index (χ1v) is 17.1. The zero-order valence-corrected chi connectivity index (χ0v) is 28.6. The molecule has 0 unspecified atom stereocenters. The summed E-state index contributed by atoms with van der Waals surface area (Å²) in [6.07, 6.45) is 3.34. The Kier molecular flexibility index (Phi) is 11.5. The molecule has 2 N–H and O–H groups in total. The highest BCUT2D eigenvalue weighted by Gasteiger charge is 2.21. The average molecular weight is 665 g/mol. The number of benzene rings is 3. The summed E-state index contributed by atoms with van der Waals surface area (Å²) in [5.74, 6) is 1.51. The van der Waals surface area contributed by atoms with Gasteiger partial charge in [-0.3, -0.25) is 0 Å². The van der Waals surface area contributed by atoms with Gasteiger partial charge in [-0.1, -0.05) is 93.6 Å². The third-order valence-corrected chi connectivity index (χ3v) is 9.04. The van der Waals surface area contributed by atoms with Crippen LogP contribution in [0.15, 0.2) is 81.3 Å². The number of para-hydroxylation sites is 3. The van der Waals surface area contributed by atoms with E-state index in [9.17, 15) is 5.26 Å². The fourth-order valence-corrected chi connectivity index (χ4v) is 6.19. The van der Waals surface area contributed by atoms with E-state index in [0.717, 1.165) is 71.4 Å². The monoisotopic (exact) mass is 664 g/mol. The van der Waals surface area contributed by atoms with Crippen LogP contribution in [0.25, 0.3) is 0 Å². The van der Waals surface area contributed by atoms with Crippen molar-refractivity contribution in [2.45, 2.75) is 64.6 Å². The Balaban J connectivity index is 1.53. The smallest absolute Gasteiger partial charge is 0.252 e. The van der Waals surface area contributed by atoms with Gasteiger partial charge in [0.15, 0.2) is 17.4 Å². The molecular formula is C35H36N8O2S2. The average Bonchev–Trinajstić information content (AvgIpc) is 3.56. The number of hydrogen-bond donors (Lipinski definition) is 2. The van der Waals surface area contributed by atoms with E-state index in [-0.39, 0.29) is 0 Å². The molecule has 0 spiro atoms. The van der Waals surface area contributed by atoms with Crippen molar-refractivity contribution >= 4 is 57.2 Å². The molecule has 0 amide bonds. The second-order valence-corrected chi connectivity index (χ2v) is 12.3. The second kappa shape index (κ2) is 16.1. The highest BCUT2D eigenvalue weighted by Crippen LogP contribution is 2.40. The number of hydrogen-bond acceptors (Lipinski definition) is 12. The lowest BCUT2D eigenvalue weighted by molar-refractivity contribution is -0.0777. The topological polar surface area (TPSA) is 130 Å². The summed E-state index contributed by atoms with van der Waals surface area (Å²) >= 11 is 2.13. The maximum absolute atomic E-state index is 10.4. The summed E-state index contributed by atoms with van der Waals surface area (Å²) in [6, 6.07) is 24.1. The van der Waals surface area contributed by atoms with Crippen LogP contribution in [-0.2, 0) is 30.0 Å². The Morgan fingerprint density at radius 2 is 1.34 bits per heavy atom. The van der Waals surface area contributed by atoms with Gasteiger partial charge in [-0.25, -0.2) is 4.98 Å². The molecule has 3 aromatic carbocycles. The molecule has 12 heteroatoms. The van der Waals surface area contributed by atoms with Gasteiger partial charge in [0.2, 0.25) is 4.34 Å². The molecule has 240 valence electrons. The van der Waals surface area contributed by atoms with Gasteiger partial charge in [-0.2, -0.15) is 5.26 Å². The molecule has 0 atom stereocenters. The van der Waals surface area contributed by atoms with Crippen LogP contribution in [0.4, 0.5) is 33.8 Å². The van der Waals surface area contributed by atoms with E-state index >= 15 is 0 Å². The number of azo groups is 1. The molecule has 2 heterocycles. The predicted molar refractivity (Wildman–Crippen MR) is 189 cm³/mol. The van der Waals surface area contributed by atoms with Crippen molar-refractivity contribution in [2.75, 3.05) is 10.6 Å². The molecule has 5 rings (SSSR count). The Hall–Kier alpha value is -4.83. The molecule has 0 saturated carbocycles. The maximum Gasteiger partial charge on any atom is 0.252 e. The molecule has 0 fully saturated rings. The minimum atomic E-state index is 0.314. The van der Waals surface area contributed by atoms with E-state index in [1.165, 1.54) is 11.3 Å². The number of aromatic nitrogens is 3. The SMILES string of the molecule is CCc1cccc(CC)c1Nc1nc(Nc2c(CC)cccc2CC)c(N=Nc2nnc(SOOc3ccccc3)s2)c(C)c1C#N. The van der Waals surface area contributed by atoms with E-state index in [0.29, 0.717) is 43.7 Å². The Labute approximate surface area is 283 Å². The Morgan fingerprint density at radius 3 is 1.89 bits per heavy atom. The minimum absolute atomic E-state index is 0.314. The lowest BCUT2D eigenvalue weighted by Crippen LogP contribution is -2.08. The minimum Gasteiger partial charge on any atom is -0.339 e. The van der Waals surface area contributed by atoms with Crippen LogP contribution < -0.4 is 15.5 Å². The van der Waals surface area contributed by atoms with Crippen molar-refractivity contribution in [1.82, 2.24) is 15.2 Å². The van der Waals surface area contributed by atoms with Crippen LogP contribution in [0.3, 0.4) is 0 Å². The van der Waals surface area contributed by atoms with Crippen molar-refractivity contribution in [3.05, 3.63) is 100 Å². The van der Waals surface area contributed by atoms with E-state index in [1.807, 2.05) is 25.1 Å². The molecule has 0 radical (unpaired) electrons. The molecule has 2 aromatic heterocycles. The molecule has 0 aliphatic heterocycles. The van der Waals surface area contributed by atoms with Crippen molar-refractivity contribution in [2.24, 2.45) is 10.2 Å². The number of rotatable bonds is 14. The highest BCUT2D eigenvalue weighted by atomic mass is 32.2. The number of aryl methyl sites for hydroxylation is 4. The van der Waals surface area contributed by atoms with Crippen molar-refractivity contribution in [1.29, 1.82) is 5.26 Å².